The molecule has 0 saturated carbocycles. The predicted octanol–water partition coefficient (Wildman–Crippen LogP) is -4.46. The molecule has 0 radical (unpaired) electrons. The first-order valence-electron chi connectivity index (χ1n) is 6.26. The Morgan fingerprint density at radius 1 is 0.789 bits per heavy atom. The van der Waals surface area contributed by atoms with Crippen LogP contribution in [0.5, 0.6) is 0 Å². The minimum Gasteiger partial charge on any atom is -1.00 e. The molecule has 0 aliphatic heterocycles. The Kier molecular flexibility index (Phi) is 15.5. The molecule has 0 heterocycles. The van der Waals surface area contributed by atoms with Gasteiger partial charge in [0.25, 0.3) is 0 Å². The average molecular weight is 402 g/mol. The molecule has 0 aromatic carbocycles. The highest BCUT2D eigenvalue weighted by molar-refractivity contribution is 4.65. The molecule has 0 aliphatic rings. The maximum Gasteiger partial charge on any atom is 0.102 e. The van der Waals surface area contributed by atoms with Crippen molar-refractivity contribution in [3.63, 3.8) is 0 Å². The minimum atomic E-state index is 0. The Hall–Kier alpha value is 0.320. The van der Waals surface area contributed by atoms with Gasteiger partial charge in [0.1, 0.15) is 13.1 Å². The van der Waals surface area contributed by atoms with Gasteiger partial charge in [-0.25, -0.2) is 0 Å². The van der Waals surface area contributed by atoms with Gasteiger partial charge < -0.3 is 47.7 Å². The second kappa shape index (κ2) is 12.1. The number of hydrogen-bond acceptors (Lipinski definition) is 1. The standard InChI is InChI=1S/C14H30N2O.2BrH/c1-7-9-15(3,4)11-13-17-14-12-16(5,6)10-8-2;;/h7-8H,1-2,9-14H2,3-6H3;2*1H/q+2;;/p-2. The van der Waals surface area contributed by atoms with E-state index in [1.807, 2.05) is 12.2 Å². The fraction of sp³-hybridized carbons (Fsp3) is 0.714. The van der Waals surface area contributed by atoms with Gasteiger partial charge in [0, 0.05) is 0 Å². The largest absolute Gasteiger partial charge is 1.00 e. The Balaban J connectivity index is -0.00000128. The van der Waals surface area contributed by atoms with E-state index in [0.29, 0.717) is 0 Å². The summed E-state index contributed by atoms with van der Waals surface area (Å²) in [5, 5.41) is 0. The van der Waals surface area contributed by atoms with E-state index in [0.717, 1.165) is 48.4 Å². The molecule has 0 rings (SSSR count). The zero-order valence-electron chi connectivity index (χ0n) is 12.9. The first kappa shape index (κ1) is 24.3. The highest BCUT2D eigenvalue weighted by atomic mass is 79.9. The van der Waals surface area contributed by atoms with Gasteiger partial charge in [0.15, 0.2) is 0 Å². The summed E-state index contributed by atoms with van der Waals surface area (Å²) >= 11 is 0. The van der Waals surface area contributed by atoms with E-state index in [2.05, 4.69) is 41.3 Å². The summed E-state index contributed by atoms with van der Waals surface area (Å²) in [5.41, 5.74) is 0. The van der Waals surface area contributed by atoms with Crippen LogP contribution in [0.1, 0.15) is 0 Å². The maximum atomic E-state index is 5.70. The second-order valence-electron chi connectivity index (χ2n) is 5.87. The monoisotopic (exact) mass is 400 g/mol. The molecule has 0 unspecified atom stereocenters. The molecule has 0 bridgehead atoms. The fourth-order valence-corrected chi connectivity index (χ4v) is 1.61. The summed E-state index contributed by atoms with van der Waals surface area (Å²) in [7, 11) is 8.79. The Bertz CT molecular complexity index is 220. The molecule has 0 aromatic rings. The lowest BCUT2D eigenvalue weighted by atomic mass is 10.4. The average Bonchev–Trinajstić information content (AvgIpc) is 2.16. The molecule has 0 amide bonds. The Labute approximate surface area is 140 Å². The quantitative estimate of drug-likeness (QED) is 0.204. The number of nitrogens with zero attached hydrogens (tertiary/aromatic N) is 2. The third-order valence-electron chi connectivity index (χ3n) is 2.93. The molecule has 0 aliphatic carbocycles. The van der Waals surface area contributed by atoms with Crippen molar-refractivity contribution in [2.24, 2.45) is 0 Å². The smallest absolute Gasteiger partial charge is 0.102 e. The molecule has 0 atom stereocenters. The zero-order chi connectivity index (χ0) is 13.4. The van der Waals surface area contributed by atoms with Crippen molar-refractivity contribution in [1.82, 2.24) is 0 Å². The van der Waals surface area contributed by atoms with Gasteiger partial charge in [-0.2, -0.15) is 0 Å². The van der Waals surface area contributed by atoms with Crippen LogP contribution in [0.2, 0.25) is 0 Å². The van der Waals surface area contributed by atoms with Gasteiger partial charge in [0.05, 0.1) is 54.5 Å². The van der Waals surface area contributed by atoms with E-state index in [1.54, 1.807) is 0 Å². The maximum absolute atomic E-state index is 5.70. The number of halogens is 2. The van der Waals surface area contributed by atoms with Gasteiger partial charge in [-0.3, -0.25) is 0 Å². The van der Waals surface area contributed by atoms with Crippen LogP contribution in [0, 0.1) is 0 Å². The van der Waals surface area contributed by atoms with Crippen molar-refractivity contribution in [3.8, 4) is 0 Å². The number of likely N-dealkylation sites (N-methyl/N-ethyl adjacent to an activating group) is 2. The topological polar surface area (TPSA) is 9.23 Å². The molecule has 5 heteroatoms. The van der Waals surface area contributed by atoms with E-state index >= 15 is 0 Å². The SMILES string of the molecule is C=CC[N+](C)(C)CCOCC[N+](C)(C)CC=C.[Br-].[Br-]. The number of ether oxygens (including phenoxy) is 1. The lowest BCUT2D eigenvalue weighted by molar-refractivity contribution is -0.888. The highest BCUT2D eigenvalue weighted by Crippen LogP contribution is 1.99. The van der Waals surface area contributed by atoms with Crippen molar-refractivity contribution in [2.45, 2.75) is 0 Å². The molecule has 3 nitrogen and oxygen atoms in total. The summed E-state index contributed by atoms with van der Waals surface area (Å²) in [5.74, 6) is 0. The predicted molar refractivity (Wildman–Crippen MR) is 74.9 cm³/mol. The van der Waals surface area contributed by atoms with Gasteiger partial charge in [-0.1, -0.05) is 13.2 Å². The summed E-state index contributed by atoms with van der Waals surface area (Å²) in [6, 6.07) is 0. The summed E-state index contributed by atoms with van der Waals surface area (Å²) in [6.07, 6.45) is 3.92. The van der Waals surface area contributed by atoms with Crippen LogP contribution in [0.3, 0.4) is 0 Å². The molecule has 0 spiro atoms. The van der Waals surface area contributed by atoms with Crippen molar-refractivity contribution in [2.75, 3.05) is 67.6 Å². The lowest BCUT2D eigenvalue weighted by Crippen LogP contribution is -3.00. The number of quaternary nitrogens is 2. The van der Waals surface area contributed by atoms with E-state index in [4.69, 9.17) is 4.74 Å². The molecule has 0 fully saturated rings. The van der Waals surface area contributed by atoms with Crippen molar-refractivity contribution in [1.29, 1.82) is 0 Å². The molecule has 19 heavy (non-hydrogen) atoms. The van der Waals surface area contributed by atoms with Crippen LogP contribution in [-0.2, 0) is 4.74 Å². The van der Waals surface area contributed by atoms with Crippen LogP contribution >= 0.6 is 0 Å². The number of rotatable bonds is 10. The molecular weight excluding hydrogens is 372 g/mol. The molecule has 0 saturated heterocycles. The first-order valence-corrected chi connectivity index (χ1v) is 6.26. The zero-order valence-corrected chi connectivity index (χ0v) is 16.0. The van der Waals surface area contributed by atoms with E-state index < -0.39 is 0 Å². The molecule has 0 N–H and O–H groups in total. The van der Waals surface area contributed by atoms with E-state index in [-0.39, 0.29) is 34.0 Å². The van der Waals surface area contributed by atoms with Crippen molar-refractivity contribution in [3.05, 3.63) is 25.3 Å². The van der Waals surface area contributed by atoms with Crippen LogP contribution in [0.15, 0.2) is 25.3 Å². The summed E-state index contributed by atoms with van der Waals surface area (Å²) < 4.78 is 7.58. The second-order valence-corrected chi connectivity index (χ2v) is 5.87. The van der Waals surface area contributed by atoms with Crippen molar-refractivity contribution < 1.29 is 47.7 Å². The third kappa shape index (κ3) is 14.5. The summed E-state index contributed by atoms with van der Waals surface area (Å²) in [4.78, 5) is 0. The minimum absolute atomic E-state index is 0. The number of hydrogen-bond donors (Lipinski definition) is 0. The summed E-state index contributed by atoms with van der Waals surface area (Å²) in [6.45, 7) is 13.2. The van der Waals surface area contributed by atoms with Crippen LogP contribution in [-0.4, -0.2) is 76.5 Å². The highest BCUT2D eigenvalue weighted by Gasteiger charge is 2.14. The van der Waals surface area contributed by atoms with E-state index in [1.165, 1.54) is 0 Å². The van der Waals surface area contributed by atoms with Gasteiger partial charge in [-0.05, 0) is 12.2 Å². The van der Waals surface area contributed by atoms with Crippen molar-refractivity contribution >= 4 is 0 Å². The first-order chi connectivity index (χ1) is 7.83. The fourth-order valence-electron chi connectivity index (χ4n) is 1.61. The normalized spacial score (nSPS) is 11.2. The molecular formula is C14H30Br2N2O. The molecule has 0 aromatic heterocycles. The van der Waals surface area contributed by atoms with Gasteiger partial charge in [-0.15, -0.1) is 0 Å². The van der Waals surface area contributed by atoms with E-state index in [9.17, 15) is 0 Å². The third-order valence-corrected chi connectivity index (χ3v) is 2.93. The Morgan fingerprint density at radius 3 is 1.37 bits per heavy atom. The van der Waals surface area contributed by atoms with Crippen LogP contribution in [0.4, 0.5) is 0 Å². The lowest BCUT2D eigenvalue weighted by Gasteiger charge is -2.30. The van der Waals surface area contributed by atoms with Gasteiger partial charge >= 0.3 is 0 Å². The Morgan fingerprint density at radius 2 is 1.11 bits per heavy atom. The van der Waals surface area contributed by atoms with Crippen LogP contribution < -0.4 is 34.0 Å². The van der Waals surface area contributed by atoms with Gasteiger partial charge in [0.2, 0.25) is 0 Å². The van der Waals surface area contributed by atoms with Crippen LogP contribution in [0.25, 0.3) is 0 Å². The molecule has 116 valence electrons.